The van der Waals surface area contributed by atoms with Gasteiger partial charge in [-0.25, -0.2) is 4.79 Å². The van der Waals surface area contributed by atoms with Gasteiger partial charge in [0, 0.05) is 24.5 Å². The molecule has 0 heterocycles. The average Bonchev–Trinajstić information content (AvgIpc) is 2.90. The number of esters is 1. The number of carbonyl (C=O) groups excluding carboxylic acids is 1. The van der Waals surface area contributed by atoms with Crippen LogP contribution in [-0.2, 0) is 20.9 Å². The van der Waals surface area contributed by atoms with Gasteiger partial charge in [-0.05, 0) is 41.3 Å². The Morgan fingerprint density at radius 3 is 2.54 bits per heavy atom. The van der Waals surface area contributed by atoms with E-state index >= 15 is 0 Å². The Labute approximate surface area is 206 Å². The number of rotatable bonds is 8. The number of hydrogen-bond acceptors (Lipinski definition) is 4. The van der Waals surface area contributed by atoms with Crippen LogP contribution < -0.4 is 4.74 Å². The van der Waals surface area contributed by atoms with Crippen LogP contribution in [0, 0.1) is 23.7 Å². The summed E-state index contributed by atoms with van der Waals surface area (Å²) in [4.78, 5) is 12.9. The van der Waals surface area contributed by atoms with Gasteiger partial charge in [-0.1, -0.05) is 78.3 Å². The quantitative estimate of drug-likeness (QED) is 0.296. The third-order valence-electron chi connectivity index (χ3n) is 5.70. The summed E-state index contributed by atoms with van der Waals surface area (Å²) < 4.78 is 16.8. The maximum Gasteiger partial charge on any atom is 0.333 e. The third kappa shape index (κ3) is 6.76. The first-order valence-electron chi connectivity index (χ1n) is 11.8. The summed E-state index contributed by atoms with van der Waals surface area (Å²) in [5.74, 6) is 13.1. The molecule has 35 heavy (non-hydrogen) atoms. The summed E-state index contributed by atoms with van der Waals surface area (Å²) in [5, 5.41) is 2.08. The molecule has 3 aromatic carbocycles. The minimum absolute atomic E-state index is 0.167. The van der Waals surface area contributed by atoms with Crippen LogP contribution in [0.2, 0.25) is 0 Å². The third-order valence-corrected chi connectivity index (χ3v) is 5.70. The standard InChI is InChI=1S/C31H28O4/c1-33-27-20-18-24(19-21-27)22-34-23-30(32)35-31(26-13-7-5-3-2-4-6-8-14-26)29-17-11-15-25-12-9-10-16-28(25)29/h9-12,14-21,31H,2-5,22-23H2,1H3/b26-14+. The van der Waals surface area contributed by atoms with Crippen LogP contribution in [0.4, 0.5) is 0 Å². The number of hydrogen-bond donors (Lipinski definition) is 0. The van der Waals surface area contributed by atoms with Crippen molar-refractivity contribution in [3.8, 4) is 29.4 Å². The van der Waals surface area contributed by atoms with Crippen molar-refractivity contribution >= 4 is 16.7 Å². The van der Waals surface area contributed by atoms with Gasteiger partial charge in [0.25, 0.3) is 0 Å². The minimum Gasteiger partial charge on any atom is -0.497 e. The van der Waals surface area contributed by atoms with Crippen molar-refractivity contribution in [3.05, 3.63) is 89.5 Å². The zero-order valence-corrected chi connectivity index (χ0v) is 19.9. The molecule has 0 aliphatic heterocycles. The number of methoxy groups -OCH3 is 1. The van der Waals surface area contributed by atoms with E-state index < -0.39 is 12.1 Å². The molecule has 0 saturated heterocycles. The van der Waals surface area contributed by atoms with Gasteiger partial charge in [0.2, 0.25) is 0 Å². The fraction of sp³-hybridized carbons (Fsp3) is 0.258. The summed E-state index contributed by atoms with van der Waals surface area (Å²) in [6, 6.07) is 21.6. The molecule has 1 unspecified atom stereocenters. The van der Waals surface area contributed by atoms with Gasteiger partial charge in [-0.15, -0.1) is 0 Å². The van der Waals surface area contributed by atoms with E-state index in [1.807, 2.05) is 66.7 Å². The van der Waals surface area contributed by atoms with E-state index in [1.165, 1.54) is 0 Å². The average molecular weight is 465 g/mol. The minimum atomic E-state index is -0.667. The second-order valence-electron chi connectivity index (χ2n) is 8.21. The number of carbonyl (C=O) groups is 1. The molecule has 1 aliphatic rings. The molecule has 0 fully saturated rings. The lowest BCUT2D eigenvalue weighted by atomic mass is 9.95. The molecular formula is C31H28O4. The predicted molar refractivity (Wildman–Crippen MR) is 138 cm³/mol. The molecule has 0 N–H and O–H groups in total. The molecule has 0 aromatic heterocycles. The molecule has 0 amide bonds. The Morgan fingerprint density at radius 2 is 1.71 bits per heavy atom. The highest BCUT2D eigenvalue weighted by molar-refractivity contribution is 5.87. The molecule has 4 nitrogen and oxygen atoms in total. The van der Waals surface area contributed by atoms with Crippen molar-refractivity contribution in [3.63, 3.8) is 0 Å². The highest BCUT2D eigenvalue weighted by atomic mass is 16.6. The SMILES string of the molecule is COc1ccc(COCC(=O)OC(/C2=C/C#CCCCCC#C2)c2cccc3ccccc23)cc1. The first kappa shape index (κ1) is 24.1. The van der Waals surface area contributed by atoms with E-state index in [0.29, 0.717) is 12.2 Å². The second kappa shape index (κ2) is 12.5. The summed E-state index contributed by atoms with van der Waals surface area (Å²) in [5.41, 5.74) is 2.51. The van der Waals surface area contributed by atoms with E-state index in [1.54, 1.807) is 13.2 Å². The first-order chi connectivity index (χ1) is 17.2. The fourth-order valence-corrected chi connectivity index (χ4v) is 3.88. The molecular weight excluding hydrogens is 436 g/mol. The Morgan fingerprint density at radius 1 is 0.943 bits per heavy atom. The van der Waals surface area contributed by atoms with Crippen molar-refractivity contribution in [2.75, 3.05) is 13.7 Å². The van der Waals surface area contributed by atoms with Crippen LogP contribution in [-0.4, -0.2) is 19.7 Å². The van der Waals surface area contributed by atoms with E-state index in [9.17, 15) is 4.79 Å². The molecule has 176 valence electrons. The number of benzene rings is 3. The van der Waals surface area contributed by atoms with Crippen molar-refractivity contribution in [2.45, 2.75) is 38.4 Å². The Bertz CT molecular complexity index is 1310. The lowest BCUT2D eigenvalue weighted by molar-refractivity contribution is -0.153. The number of allylic oxidation sites excluding steroid dienone is 1. The normalized spacial score (nSPS) is 15.4. The maximum absolute atomic E-state index is 12.9. The van der Waals surface area contributed by atoms with Crippen molar-refractivity contribution in [1.82, 2.24) is 0 Å². The number of fused-ring (bicyclic) bond motifs is 1. The van der Waals surface area contributed by atoms with Gasteiger partial charge in [0.1, 0.15) is 12.4 Å². The molecule has 3 aromatic rings. The van der Waals surface area contributed by atoms with E-state index in [4.69, 9.17) is 14.2 Å². The smallest absolute Gasteiger partial charge is 0.333 e. The van der Waals surface area contributed by atoms with Crippen LogP contribution in [0.1, 0.15) is 42.9 Å². The van der Waals surface area contributed by atoms with Gasteiger partial charge >= 0.3 is 5.97 Å². The highest BCUT2D eigenvalue weighted by Crippen LogP contribution is 2.32. The van der Waals surface area contributed by atoms with E-state index in [-0.39, 0.29) is 6.61 Å². The lowest BCUT2D eigenvalue weighted by Gasteiger charge is -2.20. The van der Waals surface area contributed by atoms with Gasteiger partial charge in [-0.3, -0.25) is 0 Å². The largest absolute Gasteiger partial charge is 0.497 e. The Kier molecular flexibility index (Phi) is 8.60. The van der Waals surface area contributed by atoms with Crippen LogP contribution in [0.3, 0.4) is 0 Å². The predicted octanol–water partition coefficient (Wildman–Crippen LogP) is 6.16. The Balaban J connectivity index is 1.56. The molecule has 0 spiro atoms. The van der Waals surface area contributed by atoms with Crippen LogP contribution in [0.25, 0.3) is 10.8 Å². The summed E-state index contributed by atoms with van der Waals surface area (Å²) in [6.45, 7) is 0.131. The number of ether oxygens (including phenoxy) is 3. The monoisotopic (exact) mass is 464 g/mol. The van der Waals surface area contributed by atoms with Crippen molar-refractivity contribution in [1.29, 1.82) is 0 Å². The van der Waals surface area contributed by atoms with Crippen molar-refractivity contribution in [2.24, 2.45) is 0 Å². The topological polar surface area (TPSA) is 44.8 Å². The van der Waals surface area contributed by atoms with E-state index in [0.717, 1.165) is 53.3 Å². The zero-order valence-electron chi connectivity index (χ0n) is 19.9. The zero-order chi connectivity index (χ0) is 24.3. The van der Waals surface area contributed by atoms with E-state index in [2.05, 4.69) is 23.7 Å². The summed E-state index contributed by atoms with van der Waals surface area (Å²) in [6.07, 6.45) is 4.80. The molecule has 0 radical (unpaired) electrons. The first-order valence-corrected chi connectivity index (χ1v) is 11.8. The second-order valence-corrected chi connectivity index (χ2v) is 8.21. The summed E-state index contributed by atoms with van der Waals surface area (Å²) in [7, 11) is 1.62. The van der Waals surface area contributed by atoms with Gasteiger partial charge in [-0.2, -0.15) is 0 Å². The molecule has 4 rings (SSSR count). The maximum atomic E-state index is 12.9. The molecule has 1 aliphatic carbocycles. The van der Waals surface area contributed by atoms with Gasteiger partial charge in [0.05, 0.1) is 19.3 Å². The van der Waals surface area contributed by atoms with Gasteiger partial charge < -0.3 is 14.2 Å². The highest BCUT2D eigenvalue weighted by Gasteiger charge is 2.23. The van der Waals surface area contributed by atoms with Crippen LogP contribution in [0.5, 0.6) is 5.75 Å². The fourth-order valence-electron chi connectivity index (χ4n) is 3.88. The Hall–Kier alpha value is -3.99. The molecule has 0 bridgehead atoms. The molecule has 1 atom stereocenters. The van der Waals surface area contributed by atoms with Crippen LogP contribution >= 0.6 is 0 Å². The van der Waals surface area contributed by atoms with Crippen molar-refractivity contribution < 1.29 is 19.0 Å². The van der Waals surface area contributed by atoms with Gasteiger partial charge in [0.15, 0.2) is 6.10 Å². The molecule has 0 saturated carbocycles. The van der Waals surface area contributed by atoms with Crippen LogP contribution in [0.15, 0.2) is 78.4 Å². The lowest BCUT2D eigenvalue weighted by Crippen LogP contribution is -2.18. The molecule has 4 heteroatoms. The summed E-state index contributed by atoms with van der Waals surface area (Å²) >= 11 is 0.